The number of rotatable bonds is 10. The van der Waals surface area contributed by atoms with Crippen molar-refractivity contribution in [1.82, 2.24) is 0 Å². The molecule has 204 valence electrons. The van der Waals surface area contributed by atoms with Gasteiger partial charge in [-0.05, 0) is 66.4 Å². The van der Waals surface area contributed by atoms with Crippen LogP contribution in [0.4, 0.5) is 24.5 Å². The van der Waals surface area contributed by atoms with Crippen molar-refractivity contribution >= 4 is 34.9 Å². The molecule has 0 saturated carbocycles. The standard InChI is InChI=1S/C28H25F3N2O6/c29-28(30,31)12-11-25(34)39-24-10-2-1-8-23(24)27(37)38-21-7-4-6-18(15-21)22(26(35)36)9-3-5-17-13-19(32)16-20(33)14-17/h1-2,4,6-10,13-16H,3,5,11-12,32-33H2,(H,35,36). The van der Waals surface area contributed by atoms with Gasteiger partial charge in [0.25, 0.3) is 0 Å². The summed E-state index contributed by atoms with van der Waals surface area (Å²) in [6.45, 7) is 0. The summed E-state index contributed by atoms with van der Waals surface area (Å²) in [6.07, 6.45) is -4.43. The highest BCUT2D eigenvalue weighted by molar-refractivity contribution is 6.15. The van der Waals surface area contributed by atoms with E-state index in [1.54, 1.807) is 18.2 Å². The van der Waals surface area contributed by atoms with Gasteiger partial charge in [-0.1, -0.05) is 30.3 Å². The monoisotopic (exact) mass is 542 g/mol. The zero-order chi connectivity index (χ0) is 28.6. The molecule has 0 radical (unpaired) electrons. The molecular weight excluding hydrogens is 517 g/mol. The Morgan fingerprint density at radius 1 is 0.897 bits per heavy atom. The maximum absolute atomic E-state index is 12.8. The van der Waals surface area contributed by atoms with Crippen molar-refractivity contribution in [2.45, 2.75) is 31.9 Å². The lowest BCUT2D eigenvalue weighted by molar-refractivity contribution is -0.151. The van der Waals surface area contributed by atoms with Crippen LogP contribution in [0.2, 0.25) is 0 Å². The third-order valence-electron chi connectivity index (χ3n) is 5.35. The number of carbonyl (C=O) groups is 3. The number of aliphatic carboxylic acids is 1. The highest BCUT2D eigenvalue weighted by atomic mass is 19.4. The number of allylic oxidation sites excluding steroid dienone is 1. The minimum Gasteiger partial charge on any atom is -0.478 e. The normalized spacial score (nSPS) is 11.6. The third-order valence-corrected chi connectivity index (χ3v) is 5.35. The van der Waals surface area contributed by atoms with E-state index in [1.165, 1.54) is 54.6 Å². The van der Waals surface area contributed by atoms with Crippen molar-refractivity contribution in [3.8, 4) is 11.5 Å². The maximum Gasteiger partial charge on any atom is 0.389 e. The molecule has 0 aliphatic heterocycles. The molecule has 0 spiro atoms. The summed E-state index contributed by atoms with van der Waals surface area (Å²) in [6, 6.07) is 16.3. The van der Waals surface area contributed by atoms with Crippen LogP contribution in [0.15, 0.2) is 72.8 Å². The highest BCUT2D eigenvalue weighted by Gasteiger charge is 2.29. The van der Waals surface area contributed by atoms with Crippen LogP contribution >= 0.6 is 0 Å². The summed E-state index contributed by atoms with van der Waals surface area (Å²) in [7, 11) is 0. The molecule has 0 aliphatic carbocycles. The molecular formula is C28H25F3N2O6. The van der Waals surface area contributed by atoms with Crippen molar-refractivity contribution in [2.24, 2.45) is 0 Å². The van der Waals surface area contributed by atoms with Gasteiger partial charge in [-0.25, -0.2) is 9.59 Å². The molecule has 0 saturated heterocycles. The van der Waals surface area contributed by atoms with Crippen molar-refractivity contribution in [2.75, 3.05) is 11.5 Å². The van der Waals surface area contributed by atoms with E-state index in [4.69, 9.17) is 20.9 Å². The Bertz CT molecular complexity index is 1380. The lowest BCUT2D eigenvalue weighted by Gasteiger charge is -2.11. The number of halogens is 3. The van der Waals surface area contributed by atoms with Crippen molar-refractivity contribution in [3.05, 3.63) is 89.5 Å². The summed E-state index contributed by atoms with van der Waals surface area (Å²) < 4.78 is 47.5. The molecule has 0 amide bonds. The van der Waals surface area contributed by atoms with Crippen molar-refractivity contribution in [3.63, 3.8) is 0 Å². The number of carboxylic acid groups (broad SMARTS) is 1. The summed E-state index contributed by atoms with van der Waals surface area (Å²) in [5.41, 5.74) is 13.5. The van der Waals surface area contributed by atoms with Gasteiger partial charge in [-0.2, -0.15) is 13.2 Å². The van der Waals surface area contributed by atoms with Crippen LogP contribution in [0.25, 0.3) is 5.57 Å². The number of anilines is 2. The average Bonchev–Trinajstić information content (AvgIpc) is 2.84. The fraction of sp³-hybridized carbons (Fsp3) is 0.179. The Labute approximate surface area is 221 Å². The molecule has 0 unspecified atom stereocenters. The lowest BCUT2D eigenvalue weighted by Crippen LogP contribution is -2.17. The largest absolute Gasteiger partial charge is 0.478 e. The Hall–Kier alpha value is -4.80. The zero-order valence-electron chi connectivity index (χ0n) is 20.5. The number of carboxylic acids is 1. The first kappa shape index (κ1) is 28.8. The second-order valence-electron chi connectivity index (χ2n) is 8.47. The van der Waals surface area contributed by atoms with E-state index in [1.807, 2.05) is 0 Å². The zero-order valence-corrected chi connectivity index (χ0v) is 20.5. The third kappa shape index (κ3) is 8.92. The van der Waals surface area contributed by atoms with Crippen LogP contribution < -0.4 is 20.9 Å². The van der Waals surface area contributed by atoms with Gasteiger partial charge in [-0.15, -0.1) is 0 Å². The molecule has 5 N–H and O–H groups in total. The molecule has 8 nitrogen and oxygen atoms in total. The number of nitrogens with two attached hydrogens (primary N) is 2. The minimum absolute atomic E-state index is 0.00598. The smallest absolute Gasteiger partial charge is 0.389 e. The van der Waals surface area contributed by atoms with Gasteiger partial charge < -0.3 is 26.0 Å². The summed E-state index contributed by atoms with van der Waals surface area (Å²) >= 11 is 0. The van der Waals surface area contributed by atoms with Gasteiger partial charge in [-0.3, -0.25) is 4.79 Å². The fourth-order valence-electron chi connectivity index (χ4n) is 3.63. The number of para-hydroxylation sites is 1. The van der Waals surface area contributed by atoms with E-state index in [9.17, 15) is 32.7 Å². The van der Waals surface area contributed by atoms with Gasteiger partial charge in [0.15, 0.2) is 0 Å². The van der Waals surface area contributed by atoms with Gasteiger partial charge in [0.05, 0.1) is 18.4 Å². The predicted octanol–water partition coefficient (Wildman–Crippen LogP) is 5.42. The van der Waals surface area contributed by atoms with Crippen LogP contribution in [0.1, 0.15) is 40.7 Å². The molecule has 3 aromatic carbocycles. The van der Waals surface area contributed by atoms with Crippen LogP contribution in [-0.2, 0) is 16.0 Å². The van der Waals surface area contributed by atoms with Crippen LogP contribution in [0.5, 0.6) is 11.5 Å². The Balaban J connectivity index is 1.73. The second kappa shape index (κ2) is 12.6. The first-order valence-corrected chi connectivity index (χ1v) is 11.7. The quantitative estimate of drug-likeness (QED) is 0.133. The molecule has 0 aromatic heterocycles. The first-order valence-electron chi connectivity index (χ1n) is 11.7. The maximum atomic E-state index is 12.8. The van der Waals surface area contributed by atoms with Crippen molar-refractivity contribution in [1.29, 1.82) is 0 Å². The number of alkyl halides is 3. The first-order chi connectivity index (χ1) is 18.4. The van der Waals surface area contributed by atoms with Crippen molar-refractivity contribution < 1.29 is 42.1 Å². The molecule has 11 heteroatoms. The number of nitrogen functional groups attached to an aromatic ring is 2. The molecule has 0 aliphatic rings. The van der Waals surface area contributed by atoms with E-state index in [0.29, 0.717) is 24.2 Å². The molecule has 39 heavy (non-hydrogen) atoms. The molecule has 3 aromatic rings. The highest BCUT2D eigenvalue weighted by Crippen LogP contribution is 2.26. The Morgan fingerprint density at radius 2 is 1.59 bits per heavy atom. The van der Waals surface area contributed by atoms with E-state index in [0.717, 1.165) is 5.56 Å². The Kier molecular flexibility index (Phi) is 9.32. The van der Waals surface area contributed by atoms with Gasteiger partial charge in [0.1, 0.15) is 17.1 Å². The molecule has 0 atom stereocenters. The van der Waals surface area contributed by atoms with E-state index in [2.05, 4.69) is 0 Å². The molecule has 3 rings (SSSR count). The number of aryl methyl sites for hydroxylation is 1. The number of ether oxygens (including phenoxy) is 2. The van der Waals surface area contributed by atoms with Crippen LogP contribution in [0.3, 0.4) is 0 Å². The summed E-state index contributed by atoms with van der Waals surface area (Å²) in [4.78, 5) is 36.6. The average molecular weight is 543 g/mol. The lowest BCUT2D eigenvalue weighted by atomic mass is 10.0. The molecule has 0 bridgehead atoms. The van der Waals surface area contributed by atoms with Gasteiger partial charge >= 0.3 is 24.1 Å². The minimum atomic E-state index is -4.53. The topological polar surface area (TPSA) is 142 Å². The summed E-state index contributed by atoms with van der Waals surface area (Å²) in [5.74, 6) is -3.56. The molecule has 0 fully saturated rings. The van der Waals surface area contributed by atoms with E-state index >= 15 is 0 Å². The summed E-state index contributed by atoms with van der Waals surface area (Å²) in [5, 5.41) is 9.74. The number of benzene rings is 3. The Morgan fingerprint density at radius 3 is 2.26 bits per heavy atom. The number of esters is 2. The van der Waals surface area contributed by atoms with E-state index in [-0.39, 0.29) is 28.2 Å². The second-order valence-corrected chi connectivity index (χ2v) is 8.47. The van der Waals surface area contributed by atoms with Crippen LogP contribution in [-0.4, -0.2) is 29.2 Å². The predicted molar refractivity (Wildman–Crippen MR) is 138 cm³/mol. The SMILES string of the molecule is Nc1cc(N)cc(CCC=C(C(=O)O)c2cccc(OC(=O)c3ccccc3OC(=O)CCC(F)(F)F)c2)c1. The number of hydrogen-bond acceptors (Lipinski definition) is 7. The van der Waals surface area contributed by atoms with Gasteiger partial charge in [0.2, 0.25) is 0 Å². The number of carbonyl (C=O) groups excluding carboxylic acids is 2. The number of hydrogen-bond donors (Lipinski definition) is 3. The van der Waals surface area contributed by atoms with Crippen LogP contribution in [0, 0.1) is 0 Å². The molecule has 0 heterocycles. The fourth-order valence-corrected chi connectivity index (χ4v) is 3.63. The van der Waals surface area contributed by atoms with E-state index < -0.39 is 36.9 Å². The van der Waals surface area contributed by atoms with Gasteiger partial charge in [0, 0.05) is 11.4 Å².